The highest BCUT2D eigenvalue weighted by Gasteiger charge is 2.19. The van der Waals surface area contributed by atoms with Crippen molar-refractivity contribution in [1.29, 1.82) is 0 Å². The zero-order valence-corrected chi connectivity index (χ0v) is 14.9. The van der Waals surface area contributed by atoms with Crippen molar-refractivity contribution in [3.8, 4) is 5.75 Å². The monoisotopic (exact) mass is 412 g/mol. The molecule has 1 unspecified atom stereocenters. The lowest BCUT2D eigenvalue weighted by molar-refractivity contribution is 0.415. The van der Waals surface area contributed by atoms with Gasteiger partial charge in [0, 0.05) is 20.6 Å². The van der Waals surface area contributed by atoms with E-state index in [1.807, 2.05) is 12.1 Å². The van der Waals surface area contributed by atoms with Crippen molar-refractivity contribution in [2.24, 2.45) is 0 Å². The van der Waals surface area contributed by atoms with Gasteiger partial charge in [-0.05, 0) is 35.4 Å². The first-order valence-corrected chi connectivity index (χ1v) is 7.92. The lowest BCUT2D eigenvalue weighted by atomic mass is 10.0. The molecule has 0 saturated heterocycles. The molecule has 2 aromatic rings. The number of rotatable bonds is 3. The minimum atomic E-state index is -0.504. The number of alkyl halides is 1. The summed E-state index contributed by atoms with van der Waals surface area (Å²) >= 11 is 28.4. The summed E-state index contributed by atoms with van der Waals surface area (Å²) in [5.74, 6) is 0.504. The van der Waals surface area contributed by atoms with Crippen LogP contribution >= 0.6 is 62.3 Å². The fourth-order valence-corrected chi connectivity index (χ4v) is 3.36. The zero-order chi connectivity index (χ0) is 14.9. The quantitative estimate of drug-likeness (QED) is 0.505. The highest BCUT2D eigenvalue weighted by atomic mass is 79.9. The molecule has 1 nitrogen and oxygen atoms in total. The van der Waals surface area contributed by atoms with E-state index in [-0.39, 0.29) is 0 Å². The molecule has 0 radical (unpaired) electrons. The zero-order valence-electron chi connectivity index (χ0n) is 10.3. The largest absolute Gasteiger partial charge is 0.495 e. The molecule has 0 amide bonds. The molecule has 0 fully saturated rings. The first-order valence-electron chi connectivity index (χ1n) is 5.56. The van der Waals surface area contributed by atoms with Gasteiger partial charge in [-0.15, -0.1) is 11.6 Å². The molecule has 0 aromatic heterocycles. The van der Waals surface area contributed by atoms with Crippen molar-refractivity contribution in [2.75, 3.05) is 7.11 Å². The fraction of sp³-hybridized carbons (Fsp3) is 0.143. The van der Waals surface area contributed by atoms with Crippen LogP contribution < -0.4 is 4.74 Å². The average Bonchev–Trinajstić information content (AvgIpc) is 2.42. The Morgan fingerprint density at radius 1 is 0.950 bits per heavy atom. The maximum absolute atomic E-state index is 6.49. The highest BCUT2D eigenvalue weighted by Crippen LogP contribution is 2.41. The van der Waals surface area contributed by atoms with E-state index in [1.165, 1.54) is 7.11 Å². The Kier molecular flexibility index (Phi) is 5.49. The van der Waals surface area contributed by atoms with E-state index in [2.05, 4.69) is 15.9 Å². The van der Waals surface area contributed by atoms with Crippen LogP contribution in [0.1, 0.15) is 16.5 Å². The number of hydrogen-bond acceptors (Lipinski definition) is 1. The second-order valence-corrected chi connectivity index (χ2v) is 6.61. The Labute approximate surface area is 145 Å². The summed E-state index contributed by atoms with van der Waals surface area (Å²) in [5, 5.41) is 0.984. The fourth-order valence-electron chi connectivity index (χ4n) is 1.77. The molecule has 106 valence electrons. The maximum Gasteiger partial charge on any atom is 0.138 e. The summed E-state index contributed by atoms with van der Waals surface area (Å²) in [6, 6.07) is 8.81. The summed E-state index contributed by atoms with van der Waals surface area (Å²) in [5.41, 5.74) is 1.44. The molecular weight excluding hydrogens is 406 g/mol. The van der Waals surface area contributed by atoms with E-state index in [1.54, 1.807) is 18.2 Å². The minimum absolute atomic E-state index is 0.448. The summed E-state index contributed by atoms with van der Waals surface area (Å²) in [4.78, 5) is 0. The first kappa shape index (κ1) is 16.3. The third kappa shape index (κ3) is 3.37. The van der Waals surface area contributed by atoms with Crippen molar-refractivity contribution in [2.45, 2.75) is 5.38 Å². The van der Waals surface area contributed by atoms with Gasteiger partial charge in [-0.25, -0.2) is 0 Å². The molecule has 0 N–H and O–H groups in total. The van der Waals surface area contributed by atoms with Gasteiger partial charge in [0.25, 0.3) is 0 Å². The third-order valence-electron chi connectivity index (χ3n) is 2.78. The number of methoxy groups -OCH3 is 1. The standard InChI is InChI=1S/C14H9BrCl4O/c1-20-13-6-11(17)9(5-12(13)18)14(19)8-4-7(15)2-3-10(8)16/h2-6,14H,1H3. The summed E-state index contributed by atoms with van der Waals surface area (Å²) in [7, 11) is 1.53. The number of halogens is 5. The summed E-state index contributed by atoms with van der Waals surface area (Å²) < 4.78 is 6.00. The number of ether oxygens (including phenoxy) is 1. The van der Waals surface area contributed by atoms with Crippen LogP contribution in [0.4, 0.5) is 0 Å². The minimum Gasteiger partial charge on any atom is -0.495 e. The Morgan fingerprint density at radius 3 is 2.25 bits per heavy atom. The molecule has 0 spiro atoms. The van der Waals surface area contributed by atoms with Gasteiger partial charge in [0.1, 0.15) is 5.75 Å². The van der Waals surface area contributed by atoms with Crippen LogP contribution in [0.2, 0.25) is 15.1 Å². The van der Waals surface area contributed by atoms with Crippen LogP contribution in [0, 0.1) is 0 Å². The molecule has 20 heavy (non-hydrogen) atoms. The SMILES string of the molecule is COc1cc(Cl)c(C(Cl)c2cc(Br)ccc2Cl)cc1Cl. The molecule has 0 aliphatic carbocycles. The van der Waals surface area contributed by atoms with E-state index in [9.17, 15) is 0 Å². The lowest BCUT2D eigenvalue weighted by Gasteiger charge is -2.16. The van der Waals surface area contributed by atoms with Gasteiger partial charge in [-0.1, -0.05) is 50.7 Å². The predicted molar refractivity (Wildman–Crippen MR) is 89.9 cm³/mol. The Balaban J connectivity index is 2.50. The third-order valence-corrected chi connectivity index (χ3v) is 4.71. The lowest BCUT2D eigenvalue weighted by Crippen LogP contribution is -1.97. The molecule has 0 bridgehead atoms. The van der Waals surface area contributed by atoms with E-state index < -0.39 is 5.38 Å². The van der Waals surface area contributed by atoms with Gasteiger partial charge in [0.05, 0.1) is 17.5 Å². The van der Waals surface area contributed by atoms with Crippen molar-refractivity contribution < 1.29 is 4.74 Å². The molecule has 0 aliphatic rings. The molecule has 1 atom stereocenters. The van der Waals surface area contributed by atoms with Crippen LogP contribution in [0.15, 0.2) is 34.8 Å². The Bertz CT molecular complexity index is 645. The predicted octanol–water partition coefficient (Wildman–Crippen LogP) is 6.75. The first-order chi connectivity index (χ1) is 9.43. The molecule has 6 heteroatoms. The smallest absolute Gasteiger partial charge is 0.138 e. The Morgan fingerprint density at radius 2 is 1.60 bits per heavy atom. The van der Waals surface area contributed by atoms with Crippen LogP contribution in [-0.4, -0.2) is 7.11 Å². The molecule has 2 aromatic carbocycles. The van der Waals surface area contributed by atoms with E-state index in [0.29, 0.717) is 26.4 Å². The van der Waals surface area contributed by atoms with Crippen molar-refractivity contribution in [3.05, 3.63) is 61.0 Å². The molecular formula is C14H9BrCl4O. The summed E-state index contributed by atoms with van der Waals surface area (Å²) in [6.45, 7) is 0. The van der Waals surface area contributed by atoms with Crippen molar-refractivity contribution in [3.63, 3.8) is 0 Å². The average molecular weight is 415 g/mol. The van der Waals surface area contributed by atoms with Crippen LogP contribution in [-0.2, 0) is 0 Å². The topological polar surface area (TPSA) is 9.23 Å². The summed E-state index contributed by atoms with van der Waals surface area (Å²) in [6.07, 6.45) is 0. The van der Waals surface area contributed by atoms with Crippen molar-refractivity contribution >= 4 is 62.3 Å². The maximum atomic E-state index is 6.49. The molecule has 0 aliphatic heterocycles. The Hall–Kier alpha value is -0.120. The van der Waals surface area contributed by atoms with Crippen LogP contribution in [0.5, 0.6) is 5.75 Å². The van der Waals surface area contributed by atoms with E-state index in [0.717, 1.165) is 10.0 Å². The normalized spacial score (nSPS) is 12.3. The van der Waals surface area contributed by atoms with Gasteiger partial charge >= 0.3 is 0 Å². The number of benzene rings is 2. The van der Waals surface area contributed by atoms with Crippen LogP contribution in [0.25, 0.3) is 0 Å². The van der Waals surface area contributed by atoms with Gasteiger partial charge in [0.15, 0.2) is 0 Å². The van der Waals surface area contributed by atoms with Crippen molar-refractivity contribution in [1.82, 2.24) is 0 Å². The molecule has 2 rings (SSSR count). The van der Waals surface area contributed by atoms with Gasteiger partial charge in [-0.3, -0.25) is 0 Å². The second-order valence-electron chi connectivity index (χ2n) is 4.04. The number of hydrogen-bond donors (Lipinski definition) is 0. The van der Waals surface area contributed by atoms with Crippen LogP contribution in [0.3, 0.4) is 0 Å². The second kappa shape index (κ2) is 6.76. The molecule has 0 heterocycles. The van der Waals surface area contributed by atoms with Gasteiger partial charge < -0.3 is 4.74 Å². The molecule has 0 saturated carbocycles. The van der Waals surface area contributed by atoms with E-state index in [4.69, 9.17) is 51.1 Å². The highest BCUT2D eigenvalue weighted by molar-refractivity contribution is 9.10. The van der Waals surface area contributed by atoms with Gasteiger partial charge in [0.2, 0.25) is 0 Å². The van der Waals surface area contributed by atoms with Gasteiger partial charge in [-0.2, -0.15) is 0 Å². The van der Waals surface area contributed by atoms with E-state index >= 15 is 0 Å².